The maximum absolute atomic E-state index is 12.2. The maximum atomic E-state index is 12.2. The number of anilines is 1. The highest BCUT2D eigenvalue weighted by Crippen LogP contribution is 2.18. The van der Waals surface area contributed by atoms with Crippen LogP contribution in [-0.4, -0.2) is 43.9 Å². The van der Waals surface area contributed by atoms with E-state index in [4.69, 9.17) is 0 Å². The van der Waals surface area contributed by atoms with Gasteiger partial charge in [0, 0.05) is 28.7 Å². The Morgan fingerprint density at radius 1 is 0.969 bits per heavy atom. The Morgan fingerprint density at radius 3 is 2.53 bits per heavy atom. The van der Waals surface area contributed by atoms with Crippen molar-refractivity contribution in [2.75, 3.05) is 17.6 Å². The van der Waals surface area contributed by atoms with Crippen LogP contribution in [0.3, 0.4) is 0 Å². The number of thioether (sulfide) groups is 1. The number of carbonyl (C=O) groups excluding carboxylic acids is 2. The van der Waals surface area contributed by atoms with Crippen molar-refractivity contribution in [1.29, 1.82) is 0 Å². The summed E-state index contributed by atoms with van der Waals surface area (Å²) < 4.78 is 2.59. The number of nitrogens with zero attached hydrogens (tertiary/aromatic N) is 4. The first-order valence-corrected chi connectivity index (χ1v) is 11.6. The number of halogens is 1. The van der Waals surface area contributed by atoms with Crippen molar-refractivity contribution in [2.45, 2.75) is 11.4 Å². The third kappa shape index (κ3) is 5.71. The minimum absolute atomic E-state index is 0.119. The van der Waals surface area contributed by atoms with Gasteiger partial charge >= 0.3 is 0 Å². The topological polar surface area (TPSA) is 101 Å². The summed E-state index contributed by atoms with van der Waals surface area (Å²) in [6, 6.07) is 20.1. The van der Waals surface area contributed by atoms with Crippen molar-refractivity contribution >= 4 is 50.8 Å². The fourth-order valence-corrected chi connectivity index (χ4v) is 3.82. The van der Waals surface area contributed by atoms with Crippen LogP contribution < -0.4 is 10.6 Å². The summed E-state index contributed by atoms with van der Waals surface area (Å²) >= 11 is 4.70. The Kier molecular flexibility index (Phi) is 7.13. The Bertz CT molecular complexity index is 1230. The molecule has 162 valence electrons. The number of benzene rings is 2. The monoisotopic (exact) mass is 510 g/mol. The van der Waals surface area contributed by atoms with Gasteiger partial charge in [0.2, 0.25) is 5.91 Å². The van der Waals surface area contributed by atoms with Gasteiger partial charge in [0.25, 0.3) is 5.91 Å². The molecule has 0 fully saturated rings. The molecule has 32 heavy (non-hydrogen) atoms. The van der Waals surface area contributed by atoms with Crippen molar-refractivity contribution in [1.82, 2.24) is 25.1 Å². The normalized spacial score (nSPS) is 10.8. The predicted octanol–water partition coefficient (Wildman–Crippen LogP) is 3.59. The lowest BCUT2D eigenvalue weighted by Crippen LogP contribution is -2.26. The van der Waals surface area contributed by atoms with Crippen LogP contribution in [0, 0.1) is 0 Å². The van der Waals surface area contributed by atoms with E-state index in [1.54, 1.807) is 22.7 Å². The van der Waals surface area contributed by atoms with Gasteiger partial charge in [-0.25, -0.2) is 0 Å². The third-order valence-corrected chi connectivity index (χ3v) is 5.90. The number of rotatable bonds is 8. The second kappa shape index (κ2) is 10.4. The molecule has 0 spiro atoms. The van der Waals surface area contributed by atoms with Gasteiger partial charge in [-0.3, -0.25) is 9.59 Å². The van der Waals surface area contributed by atoms with E-state index in [0.29, 0.717) is 35.0 Å². The van der Waals surface area contributed by atoms with Gasteiger partial charge in [0.1, 0.15) is 5.03 Å². The molecule has 0 aliphatic heterocycles. The highest BCUT2D eigenvalue weighted by atomic mass is 79.9. The van der Waals surface area contributed by atoms with Crippen LogP contribution in [-0.2, 0) is 11.2 Å². The van der Waals surface area contributed by atoms with Gasteiger partial charge in [0.05, 0.1) is 5.75 Å². The molecule has 2 heterocycles. The Morgan fingerprint density at radius 2 is 1.75 bits per heavy atom. The number of nitrogens with one attached hydrogen (secondary N) is 2. The van der Waals surface area contributed by atoms with Crippen LogP contribution >= 0.6 is 27.7 Å². The summed E-state index contributed by atoms with van der Waals surface area (Å²) in [5, 5.41) is 19.2. The van der Waals surface area contributed by atoms with Gasteiger partial charge in [-0.1, -0.05) is 45.9 Å². The molecule has 0 radical (unpaired) electrons. The number of aromatic nitrogens is 4. The predicted molar refractivity (Wildman–Crippen MR) is 127 cm³/mol. The molecular formula is C22H19BrN6O2S. The van der Waals surface area contributed by atoms with E-state index < -0.39 is 0 Å². The van der Waals surface area contributed by atoms with Crippen LogP contribution in [0.4, 0.5) is 5.69 Å². The summed E-state index contributed by atoms with van der Waals surface area (Å²) in [5.74, 6) is 0.599. The lowest BCUT2D eigenvalue weighted by molar-refractivity contribution is -0.113. The largest absolute Gasteiger partial charge is 0.352 e. The average molecular weight is 511 g/mol. The van der Waals surface area contributed by atoms with E-state index in [1.165, 1.54) is 11.8 Å². The van der Waals surface area contributed by atoms with Gasteiger partial charge in [-0.15, -0.1) is 10.2 Å². The third-order valence-electron chi connectivity index (χ3n) is 4.45. The lowest BCUT2D eigenvalue weighted by atomic mass is 10.2. The molecule has 2 amide bonds. The molecule has 0 bridgehead atoms. The highest BCUT2D eigenvalue weighted by molar-refractivity contribution is 9.10. The summed E-state index contributed by atoms with van der Waals surface area (Å²) in [6.45, 7) is 0.406. The molecule has 4 rings (SSSR count). The van der Waals surface area contributed by atoms with E-state index in [9.17, 15) is 9.59 Å². The van der Waals surface area contributed by atoms with Crippen LogP contribution in [0.1, 0.15) is 16.2 Å². The van der Waals surface area contributed by atoms with Crippen LogP contribution in [0.5, 0.6) is 0 Å². The van der Waals surface area contributed by atoms with Crippen LogP contribution in [0.25, 0.3) is 5.65 Å². The van der Waals surface area contributed by atoms with E-state index in [-0.39, 0.29) is 17.6 Å². The van der Waals surface area contributed by atoms with Crippen LogP contribution in [0.2, 0.25) is 0 Å². The Balaban J connectivity index is 1.33. The molecule has 2 aromatic heterocycles. The number of amides is 2. The molecule has 2 N–H and O–H groups in total. The molecule has 0 aliphatic carbocycles. The lowest BCUT2D eigenvalue weighted by Gasteiger charge is -2.06. The summed E-state index contributed by atoms with van der Waals surface area (Å²) in [6.07, 6.45) is 0.477. The van der Waals surface area contributed by atoms with Gasteiger partial charge in [-0.05, 0) is 48.5 Å². The molecule has 10 heteroatoms. The van der Waals surface area contributed by atoms with E-state index in [2.05, 4.69) is 41.9 Å². The molecule has 4 aromatic rings. The molecule has 0 saturated carbocycles. The molecule has 0 saturated heterocycles. The maximum Gasteiger partial charge on any atom is 0.251 e. The summed E-state index contributed by atoms with van der Waals surface area (Å²) in [7, 11) is 0. The van der Waals surface area contributed by atoms with E-state index in [1.807, 2.05) is 48.5 Å². The molecule has 0 unspecified atom stereocenters. The smallest absolute Gasteiger partial charge is 0.251 e. The fraction of sp³-hybridized carbons (Fsp3) is 0.136. The van der Waals surface area contributed by atoms with Gasteiger partial charge in [0.15, 0.2) is 11.5 Å². The van der Waals surface area contributed by atoms with Gasteiger partial charge in [-0.2, -0.15) is 9.61 Å². The number of hydrogen-bond donors (Lipinski definition) is 2. The number of fused-ring (bicyclic) bond motifs is 1. The first-order chi connectivity index (χ1) is 15.6. The van der Waals surface area contributed by atoms with E-state index >= 15 is 0 Å². The Labute approximate surface area is 196 Å². The van der Waals surface area contributed by atoms with Crippen molar-refractivity contribution in [3.63, 3.8) is 0 Å². The van der Waals surface area contributed by atoms with Crippen molar-refractivity contribution in [3.05, 3.63) is 82.6 Å². The summed E-state index contributed by atoms with van der Waals surface area (Å²) in [5.41, 5.74) is 1.95. The van der Waals surface area contributed by atoms with Crippen molar-refractivity contribution in [3.8, 4) is 0 Å². The molecule has 0 aliphatic rings. The van der Waals surface area contributed by atoms with Crippen LogP contribution in [0.15, 0.2) is 76.2 Å². The minimum atomic E-state index is -0.139. The first kappa shape index (κ1) is 22.0. The highest BCUT2D eigenvalue weighted by Gasteiger charge is 2.11. The quantitative estimate of drug-likeness (QED) is 0.351. The zero-order valence-electron chi connectivity index (χ0n) is 16.9. The van der Waals surface area contributed by atoms with Crippen molar-refractivity contribution in [2.24, 2.45) is 0 Å². The number of hydrogen-bond acceptors (Lipinski definition) is 6. The summed E-state index contributed by atoms with van der Waals surface area (Å²) in [4.78, 5) is 24.4. The second-order valence-electron chi connectivity index (χ2n) is 6.77. The molecule has 0 atom stereocenters. The molecular weight excluding hydrogens is 492 g/mol. The first-order valence-electron chi connectivity index (χ1n) is 9.81. The fourth-order valence-electron chi connectivity index (χ4n) is 2.90. The standard InChI is InChI=1S/C22H19BrN6O2S/c23-16-6-8-17(9-7-16)25-20(30)14-32-21-11-10-18-26-27-19(29(18)28-21)12-13-24-22(31)15-4-2-1-3-5-15/h1-11H,12-14H2,(H,24,31)(H,25,30). The zero-order chi connectivity index (χ0) is 22.3. The molecule has 2 aromatic carbocycles. The second-order valence-corrected chi connectivity index (χ2v) is 8.68. The average Bonchev–Trinajstić information content (AvgIpc) is 3.22. The zero-order valence-corrected chi connectivity index (χ0v) is 19.3. The Hall–Kier alpha value is -3.24. The SMILES string of the molecule is O=C(CSc1ccc2nnc(CCNC(=O)c3ccccc3)n2n1)Nc1ccc(Br)cc1. The van der Waals surface area contributed by atoms with Crippen molar-refractivity contribution < 1.29 is 9.59 Å². The minimum Gasteiger partial charge on any atom is -0.352 e. The molecule has 8 nitrogen and oxygen atoms in total. The number of carbonyl (C=O) groups is 2. The van der Waals surface area contributed by atoms with Gasteiger partial charge < -0.3 is 10.6 Å². The van der Waals surface area contributed by atoms with E-state index in [0.717, 1.165) is 10.2 Å².